The maximum absolute atomic E-state index is 9.75. The molecule has 0 aromatic rings. The van der Waals surface area contributed by atoms with Crippen molar-refractivity contribution in [2.45, 2.75) is 0 Å². The summed E-state index contributed by atoms with van der Waals surface area (Å²) in [6.07, 6.45) is 0. The van der Waals surface area contributed by atoms with Crippen LogP contribution in [0.25, 0.3) is 0 Å². The molecule has 0 rings (SSSR count). The molecule has 86 valence electrons. The Labute approximate surface area is 69.3 Å². The van der Waals surface area contributed by atoms with Crippen LogP contribution in [0.3, 0.4) is 0 Å². The van der Waals surface area contributed by atoms with Gasteiger partial charge in [0.25, 0.3) is 0 Å². The van der Waals surface area contributed by atoms with Gasteiger partial charge >= 0.3 is 14.5 Å². The summed E-state index contributed by atoms with van der Waals surface area (Å²) in [5.41, 5.74) is 3.25. The monoisotopic (exact) mass is 224 g/mol. The van der Waals surface area contributed by atoms with E-state index in [0.717, 1.165) is 0 Å². The molecule has 2 nitrogen and oxygen atoms in total. The summed E-state index contributed by atoms with van der Waals surface area (Å²) in [6.45, 7) is 0. The van der Waals surface area contributed by atoms with Gasteiger partial charge in [0.05, 0.1) is 7.05 Å². The molecule has 12 heteroatoms. The molecule has 0 heterocycles. The molecular weight excluding hydrogens is 214 g/mol. The molecular formula is CH10B2F8N2. The third kappa shape index (κ3) is 3980. The molecule has 13 heavy (non-hydrogen) atoms. The first kappa shape index (κ1) is 22.9. The molecule has 0 spiro atoms. The van der Waals surface area contributed by atoms with Gasteiger partial charge in [-0.3, -0.25) is 0 Å². The van der Waals surface area contributed by atoms with Crippen LogP contribution in [-0.2, 0) is 0 Å². The summed E-state index contributed by atoms with van der Waals surface area (Å²) in [5.74, 6) is 0. The maximum Gasteiger partial charge on any atom is 0.673 e. The van der Waals surface area contributed by atoms with Crippen molar-refractivity contribution < 1.29 is 40.3 Å². The van der Waals surface area contributed by atoms with Gasteiger partial charge in [0.2, 0.25) is 0 Å². The molecule has 0 atom stereocenters. The van der Waals surface area contributed by atoms with Crippen LogP contribution >= 0.6 is 0 Å². The molecule has 0 unspecified atom stereocenters. The lowest BCUT2D eigenvalue weighted by Gasteiger charge is -1.94. The number of quaternary nitrogens is 2. The lowest BCUT2D eigenvalue weighted by molar-refractivity contribution is -0.325. The second-order valence-electron chi connectivity index (χ2n) is 0.990. The van der Waals surface area contributed by atoms with E-state index in [9.17, 15) is 34.5 Å². The van der Waals surface area contributed by atoms with E-state index in [1.54, 1.807) is 7.05 Å². The highest BCUT2D eigenvalue weighted by Gasteiger charge is 2.21. The Morgan fingerprint density at radius 1 is 0.615 bits per heavy atom. The lowest BCUT2D eigenvalue weighted by Crippen LogP contribution is -2.40. The zero-order valence-electron chi connectivity index (χ0n) is 6.89. The minimum Gasteiger partial charge on any atom is -0.418 e. The Morgan fingerprint density at radius 3 is 0.615 bits per heavy atom. The van der Waals surface area contributed by atoms with E-state index in [4.69, 9.17) is 0 Å². The van der Waals surface area contributed by atoms with E-state index >= 15 is 0 Å². The summed E-state index contributed by atoms with van der Waals surface area (Å²) < 4.78 is 78.0. The van der Waals surface area contributed by atoms with Crippen LogP contribution in [0, 0.1) is 0 Å². The molecule has 0 saturated carbocycles. The van der Waals surface area contributed by atoms with Crippen LogP contribution < -0.4 is 11.9 Å². The van der Waals surface area contributed by atoms with Gasteiger partial charge in [-0.1, -0.05) is 0 Å². The van der Waals surface area contributed by atoms with Gasteiger partial charge in [0.15, 0.2) is 0 Å². The average Bonchev–Trinajstić information content (AvgIpc) is 1.59. The number of rotatable bonds is 0. The van der Waals surface area contributed by atoms with Crippen LogP contribution in [0.1, 0.15) is 0 Å². The zero-order chi connectivity index (χ0) is 11.0. The fourth-order valence-electron chi connectivity index (χ4n) is 0. The Hall–Kier alpha value is -0.510. The van der Waals surface area contributed by atoms with Gasteiger partial charge in [-0.05, 0) is 0 Å². The van der Waals surface area contributed by atoms with Gasteiger partial charge < -0.3 is 46.4 Å². The normalized spacial score (nSPS) is 9.69. The third-order valence-electron chi connectivity index (χ3n) is 0. The quantitative estimate of drug-likeness (QED) is 0.465. The summed E-state index contributed by atoms with van der Waals surface area (Å²) in [4.78, 5) is 0. The van der Waals surface area contributed by atoms with Crippen LogP contribution in [0.2, 0.25) is 0 Å². The highest BCUT2D eigenvalue weighted by Crippen LogP contribution is 2.07. The molecule has 0 bridgehead atoms. The van der Waals surface area contributed by atoms with Crippen LogP contribution in [0.5, 0.6) is 0 Å². The highest BCUT2D eigenvalue weighted by atomic mass is 19.5. The Kier molecular flexibility index (Phi) is 16.9. The molecule has 0 radical (unpaired) electrons. The smallest absolute Gasteiger partial charge is 0.418 e. The van der Waals surface area contributed by atoms with Crippen LogP contribution in [-0.4, -0.2) is 21.6 Å². The molecule has 7 N–H and O–H groups in total. The Balaban J connectivity index is -0.0000000491. The Bertz CT molecular complexity index is 63.1. The van der Waals surface area contributed by atoms with Crippen molar-refractivity contribution in [2.24, 2.45) is 0 Å². The predicted octanol–water partition coefficient (Wildman–Crippen LogP) is 1.83. The Morgan fingerprint density at radius 2 is 0.615 bits per heavy atom. The van der Waals surface area contributed by atoms with Crippen LogP contribution in [0.4, 0.5) is 34.5 Å². The van der Waals surface area contributed by atoms with Crippen molar-refractivity contribution in [3.63, 3.8) is 0 Å². The number of hydrogen-bond donors (Lipinski definition) is 2. The second-order valence-corrected chi connectivity index (χ2v) is 0.990. The molecule has 0 aliphatic rings. The summed E-state index contributed by atoms with van der Waals surface area (Å²) in [7, 11) is -10.2. The first-order chi connectivity index (χ1) is 5.00. The van der Waals surface area contributed by atoms with Gasteiger partial charge in [-0.25, -0.2) is 0 Å². The van der Waals surface area contributed by atoms with Crippen molar-refractivity contribution in [2.75, 3.05) is 7.05 Å². The van der Waals surface area contributed by atoms with Gasteiger partial charge in [0.1, 0.15) is 0 Å². The molecule has 0 aliphatic carbocycles. The summed E-state index contributed by atoms with van der Waals surface area (Å²) in [5, 5.41) is 0. The standard InChI is InChI=1S/CH5N.2BF4.H3N/c1-2;2*2-1(3,4)5;/h2H2,1H3;;;1H3/q;2*-1;/p+2. The van der Waals surface area contributed by atoms with Crippen molar-refractivity contribution in [1.29, 1.82) is 0 Å². The van der Waals surface area contributed by atoms with E-state index in [-0.39, 0.29) is 6.15 Å². The van der Waals surface area contributed by atoms with E-state index in [1.165, 1.54) is 0 Å². The molecule has 0 aliphatic heterocycles. The molecule has 0 aromatic heterocycles. The van der Waals surface area contributed by atoms with Crippen LogP contribution in [0.15, 0.2) is 0 Å². The molecule has 0 amide bonds. The summed E-state index contributed by atoms with van der Waals surface area (Å²) >= 11 is 0. The fourth-order valence-corrected chi connectivity index (χ4v) is 0. The van der Waals surface area contributed by atoms with E-state index in [0.29, 0.717) is 0 Å². The first-order valence-corrected chi connectivity index (χ1v) is 2.45. The fraction of sp³-hybridized carbons (Fsp3) is 1.00. The first-order valence-electron chi connectivity index (χ1n) is 2.45. The highest BCUT2D eigenvalue weighted by molar-refractivity contribution is 6.50. The minimum absolute atomic E-state index is 0. The van der Waals surface area contributed by atoms with Gasteiger partial charge in [-0.2, -0.15) is 0 Å². The topological polar surface area (TPSA) is 64.1 Å². The van der Waals surface area contributed by atoms with Crippen molar-refractivity contribution in [3.8, 4) is 0 Å². The van der Waals surface area contributed by atoms with Crippen molar-refractivity contribution >= 4 is 14.5 Å². The number of hydrogen-bond acceptors (Lipinski definition) is 0. The van der Waals surface area contributed by atoms with Gasteiger partial charge in [0, 0.05) is 0 Å². The molecule has 0 aromatic carbocycles. The third-order valence-corrected chi connectivity index (χ3v) is 0. The predicted molar refractivity (Wildman–Crippen MR) is 35.2 cm³/mol. The van der Waals surface area contributed by atoms with E-state index in [2.05, 4.69) is 5.73 Å². The number of halogens is 8. The van der Waals surface area contributed by atoms with Crippen molar-refractivity contribution in [1.82, 2.24) is 6.15 Å². The van der Waals surface area contributed by atoms with Gasteiger partial charge in [-0.15, -0.1) is 0 Å². The maximum atomic E-state index is 9.75. The largest absolute Gasteiger partial charge is 0.673 e. The lowest BCUT2D eigenvalue weighted by atomic mass is 10.3. The molecule has 0 saturated heterocycles. The van der Waals surface area contributed by atoms with Crippen molar-refractivity contribution in [3.05, 3.63) is 0 Å². The van der Waals surface area contributed by atoms with E-state index in [1.807, 2.05) is 0 Å². The average molecular weight is 224 g/mol. The molecule has 0 fully saturated rings. The van der Waals surface area contributed by atoms with E-state index < -0.39 is 14.5 Å². The minimum atomic E-state index is -6.00. The second kappa shape index (κ2) is 9.58. The SMILES string of the molecule is C[NH3+].F[B-](F)(F)F.F[B-](F)(F)F.[NH4+]. The zero-order valence-corrected chi connectivity index (χ0v) is 6.89. The summed E-state index contributed by atoms with van der Waals surface area (Å²) in [6, 6.07) is 0.